The van der Waals surface area contributed by atoms with Gasteiger partial charge in [-0.15, -0.1) is 0 Å². The normalized spacial score (nSPS) is 17.6. The van der Waals surface area contributed by atoms with E-state index >= 15 is 0 Å². The van der Waals surface area contributed by atoms with Gasteiger partial charge >= 0.3 is 0 Å². The van der Waals surface area contributed by atoms with Crippen LogP contribution >= 0.6 is 0 Å². The molecule has 1 aliphatic heterocycles. The second-order valence-corrected chi connectivity index (χ2v) is 5.22. The molecule has 1 N–H and O–H groups in total. The van der Waals surface area contributed by atoms with Crippen molar-refractivity contribution in [3.8, 4) is 5.75 Å². The third kappa shape index (κ3) is 2.99. The summed E-state index contributed by atoms with van der Waals surface area (Å²) in [5, 5.41) is 3.49. The van der Waals surface area contributed by atoms with Gasteiger partial charge < -0.3 is 14.8 Å². The summed E-state index contributed by atoms with van der Waals surface area (Å²) in [6, 6.07) is 6.27. The molecule has 3 nitrogen and oxygen atoms in total. The number of aryl methyl sites for hydroxylation is 1. The van der Waals surface area contributed by atoms with Gasteiger partial charge in [0.2, 0.25) is 0 Å². The van der Waals surface area contributed by atoms with Crippen molar-refractivity contribution in [1.29, 1.82) is 0 Å². The van der Waals surface area contributed by atoms with Crippen LogP contribution in [0.2, 0.25) is 0 Å². The van der Waals surface area contributed by atoms with Crippen molar-refractivity contribution < 1.29 is 9.47 Å². The summed E-state index contributed by atoms with van der Waals surface area (Å²) in [4.78, 5) is 0. The van der Waals surface area contributed by atoms with Gasteiger partial charge in [0.25, 0.3) is 0 Å². The Labute approximate surface area is 103 Å². The van der Waals surface area contributed by atoms with Gasteiger partial charge in [-0.1, -0.05) is 24.6 Å². The largest absolute Gasteiger partial charge is 0.496 e. The lowest BCUT2D eigenvalue weighted by atomic mass is 9.89. The van der Waals surface area contributed by atoms with Crippen LogP contribution in [0.15, 0.2) is 18.2 Å². The molecule has 94 valence electrons. The first-order valence-corrected chi connectivity index (χ1v) is 6.05. The highest BCUT2D eigenvalue weighted by Gasteiger charge is 2.32. The van der Waals surface area contributed by atoms with E-state index in [0.717, 1.165) is 32.1 Å². The molecular weight excluding hydrogens is 214 g/mol. The fourth-order valence-electron chi connectivity index (χ4n) is 2.10. The van der Waals surface area contributed by atoms with Gasteiger partial charge in [0.05, 0.1) is 20.3 Å². The van der Waals surface area contributed by atoms with Crippen LogP contribution in [0.3, 0.4) is 0 Å². The van der Waals surface area contributed by atoms with E-state index in [9.17, 15) is 0 Å². The Kier molecular flexibility index (Phi) is 3.69. The Morgan fingerprint density at radius 2 is 2.18 bits per heavy atom. The summed E-state index contributed by atoms with van der Waals surface area (Å²) in [6.07, 6.45) is 0. The maximum Gasteiger partial charge on any atom is 0.123 e. The molecule has 0 unspecified atom stereocenters. The smallest absolute Gasteiger partial charge is 0.123 e. The summed E-state index contributed by atoms with van der Waals surface area (Å²) in [7, 11) is 1.72. The Bertz CT molecular complexity index is 386. The highest BCUT2D eigenvalue weighted by Crippen LogP contribution is 2.26. The molecule has 0 aliphatic carbocycles. The number of nitrogens with one attached hydrogen (secondary N) is 1. The topological polar surface area (TPSA) is 30.5 Å². The van der Waals surface area contributed by atoms with Crippen molar-refractivity contribution in [2.45, 2.75) is 20.4 Å². The molecule has 1 aromatic rings. The fraction of sp³-hybridized carbons (Fsp3) is 0.571. The molecule has 0 atom stereocenters. The molecule has 17 heavy (non-hydrogen) atoms. The standard InChI is InChI=1S/C14H21NO2/c1-11-4-5-13(16-3)12(6-11)7-15-8-14(2)9-17-10-14/h4-6,15H,7-10H2,1-3H3. The van der Waals surface area contributed by atoms with Gasteiger partial charge in [-0.2, -0.15) is 0 Å². The van der Waals surface area contributed by atoms with Crippen LogP contribution in [0.25, 0.3) is 0 Å². The second-order valence-electron chi connectivity index (χ2n) is 5.22. The highest BCUT2D eigenvalue weighted by molar-refractivity contribution is 5.36. The van der Waals surface area contributed by atoms with Crippen LogP contribution < -0.4 is 10.1 Å². The third-order valence-corrected chi connectivity index (χ3v) is 3.20. The molecule has 2 rings (SSSR count). The highest BCUT2D eigenvalue weighted by atomic mass is 16.5. The molecule has 1 saturated heterocycles. The zero-order chi connectivity index (χ0) is 12.3. The second kappa shape index (κ2) is 5.07. The SMILES string of the molecule is COc1ccc(C)cc1CNCC1(C)COC1. The van der Waals surface area contributed by atoms with Crippen LogP contribution in [-0.2, 0) is 11.3 Å². The molecule has 0 radical (unpaired) electrons. The van der Waals surface area contributed by atoms with Crippen LogP contribution in [-0.4, -0.2) is 26.9 Å². The quantitative estimate of drug-likeness (QED) is 0.848. The predicted molar refractivity (Wildman–Crippen MR) is 68.4 cm³/mol. The van der Waals surface area contributed by atoms with Gasteiger partial charge in [0.15, 0.2) is 0 Å². The Morgan fingerprint density at radius 3 is 2.76 bits per heavy atom. The molecule has 0 saturated carbocycles. The molecule has 0 amide bonds. The Hall–Kier alpha value is -1.06. The minimum absolute atomic E-state index is 0.317. The Balaban J connectivity index is 1.91. The summed E-state index contributed by atoms with van der Waals surface area (Å²) in [5.74, 6) is 0.957. The minimum atomic E-state index is 0.317. The van der Waals surface area contributed by atoms with Gasteiger partial charge in [0.1, 0.15) is 5.75 Å². The van der Waals surface area contributed by atoms with Crippen LogP contribution in [0.1, 0.15) is 18.1 Å². The van der Waals surface area contributed by atoms with Crippen molar-refractivity contribution in [1.82, 2.24) is 5.32 Å². The predicted octanol–water partition coefficient (Wildman–Crippen LogP) is 2.13. The van der Waals surface area contributed by atoms with E-state index in [-0.39, 0.29) is 0 Å². The monoisotopic (exact) mass is 235 g/mol. The Morgan fingerprint density at radius 1 is 1.41 bits per heavy atom. The first-order valence-electron chi connectivity index (χ1n) is 6.05. The van der Waals surface area contributed by atoms with E-state index in [1.54, 1.807) is 7.11 Å². The average Bonchev–Trinajstić information content (AvgIpc) is 2.27. The van der Waals surface area contributed by atoms with Crippen LogP contribution in [0.4, 0.5) is 0 Å². The molecule has 1 fully saturated rings. The molecule has 1 aliphatic rings. The molecule has 0 bridgehead atoms. The van der Waals surface area contributed by atoms with E-state index in [1.807, 2.05) is 6.07 Å². The van der Waals surface area contributed by atoms with E-state index in [0.29, 0.717) is 5.41 Å². The molecule has 1 aromatic carbocycles. The van der Waals surface area contributed by atoms with E-state index < -0.39 is 0 Å². The summed E-state index contributed by atoms with van der Waals surface area (Å²) in [6.45, 7) is 7.92. The summed E-state index contributed by atoms with van der Waals surface area (Å²) >= 11 is 0. The van der Waals surface area contributed by atoms with Gasteiger partial charge in [0, 0.05) is 24.1 Å². The fourth-order valence-corrected chi connectivity index (χ4v) is 2.10. The van der Waals surface area contributed by atoms with Crippen molar-refractivity contribution in [2.75, 3.05) is 26.9 Å². The van der Waals surface area contributed by atoms with Crippen molar-refractivity contribution in [2.24, 2.45) is 5.41 Å². The number of ether oxygens (including phenoxy) is 2. The van der Waals surface area contributed by atoms with Crippen LogP contribution in [0.5, 0.6) is 5.75 Å². The van der Waals surface area contributed by atoms with E-state index in [1.165, 1.54) is 11.1 Å². The first kappa shape index (κ1) is 12.4. The van der Waals surface area contributed by atoms with Gasteiger partial charge in [-0.3, -0.25) is 0 Å². The third-order valence-electron chi connectivity index (χ3n) is 3.20. The molecule has 3 heteroatoms. The lowest BCUT2D eigenvalue weighted by molar-refractivity contribution is -0.0991. The lowest BCUT2D eigenvalue weighted by Gasteiger charge is -2.38. The zero-order valence-corrected chi connectivity index (χ0v) is 10.9. The molecule has 0 spiro atoms. The lowest BCUT2D eigenvalue weighted by Crippen LogP contribution is -2.47. The number of methoxy groups -OCH3 is 1. The molecule has 1 heterocycles. The maximum atomic E-state index is 5.36. The van der Waals surface area contributed by atoms with Crippen molar-refractivity contribution in [3.63, 3.8) is 0 Å². The van der Waals surface area contributed by atoms with E-state index in [2.05, 4.69) is 31.3 Å². The van der Waals surface area contributed by atoms with Gasteiger partial charge in [-0.25, -0.2) is 0 Å². The van der Waals surface area contributed by atoms with Crippen LogP contribution in [0, 0.1) is 12.3 Å². The number of hydrogen-bond acceptors (Lipinski definition) is 3. The maximum absolute atomic E-state index is 5.36. The number of rotatable bonds is 5. The molecule has 0 aromatic heterocycles. The van der Waals surface area contributed by atoms with Gasteiger partial charge in [-0.05, 0) is 13.0 Å². The minimum Gasteiger partial charge on any atom is -0.496 e. The van der Waals surface area contributed by atoms with Crippen molar-refractivity contribution >= 4 is 0 Å². The number of benzene rings is 1. The molecular formula is C14H21NO2. The number of hydrogen-bond donors (Lipinski definition) is 1. The van der Waals surface area contributed by atoms with Crippen molar-refractivity contribution in [3.05, 3.63) is 29.3 Å². The zero-order valence-electron chi connectivity index (χ0n) is 10.9. The first-order chi connectivity index (χ1) is 8.13. The summed E-state index contributed by atoms with van der Waals surface area (Å²) < 4.78 is 10.6. The summed E-state index contributed by atoms with van der Waals surface area (Å²) in [5.41, 5.74) is 2.80. The average molecular weight is 235 g/mol. The van der Waals surface area contributed by atoms with E-state index in [4.69, 9.17) is 9.47 Å².